The summed E-state index contributed by atoms with van der Waals surface area (Å²) in [5.74, 6) is -0.325. The zero-order valence-corrected chi connectivity index (χ0v) is 18.2. The SMILES string of the molecule is Cc1ccc(S(=O)(=O)NCCN2C(=O)C[C@H](c3cccc(I)c3)NC2=O)s1. The predicted molar refractivity (Wildman–Crippen MR) is 111 cm³/mol. The van der Waals surface area contributed by atoms with Crippen LogP contribution in [-0.4, -0.2) is 38.3 Å². The van der Waals surface area contributed by atoms with E-state index in [0.717, 1.165) is 18.9 Å². The van der Waals surface area contributed by atoms with Crippen LogP contribution < -0.4 is 10.0 Å². The van der Waals surface area contributed by atoms with Crippen molar-refractivity contribution in [2.75, 3.05) is 13.1 Å². The molecule has 1 aliphatic rings. The second-order valence-corrected chi connectivity index (χ2v) is 10.6. The maximum absolute atomic E-state index is 12.4. The number of benzene rings is 1. The summed E-state index contributed by atoms with van der Waals surface area (Å²) in [4.78, 5) is 26.6. The molecule has 0 bridgehead atoms. The van der Waals surface area contributed by atoms with Crippen LogP contribution >= 0.6 is 33.9 Å². The van der Waals surface area contributed by atoms with Gasteiger partial charge in [0.25, 0.3) is 0 Å². The van der Waals surface area contributed by atoms with Crippen LogP contribution in [0.2, 0.25) is 0 Å². The molecule has 144 valence electrons. The van der Waals surface area contributed by atoms with Crippen LogP contribution in [0.25, 0.3) is 0 Å². The highest BCUT2D eigenvalue weighted by Gasteiger charge is 2.32. The zero-order chi connectivity index (χ0) is 19.6. The van der Waals surface area contributed by atoms with Gasteiger partial charge in [0.05, 0.1) is 12.5 Å². The topological polar surface area (TPSA) is 95.6 Å². The molecular formula is C17H18IN3O4S2. The number of rotatable bonds is 6. The van der Waals surface area contributed by atoms with Crippen molar-refractivity contribution in [3.8, 4) is 0 Å². The molecule has 3 amide bonds. The standard InChI is InChI=1S/C17H18IN3O4S2/c1-11-5-6-16(26-11)27(24,25)19-7-8-21-15(22)10-14(20-17(21)23)12-3-2-4-13(18)9-12/h2-6,9,14,19H,7-8,10H2,1H3,(H,20,23)/t14-/m1/s1. The molecule has 0 radical (unpaired) electrons. The van der Waals surface area contributed by atoms with Gasteiger partial charge in [-0.2, -0.15) is 0 Å². The number of carbonyl (C=O) groups is 2. The molecule has 2 N–H and O–H groups in total. The van der Waals surface area contributed by atoms with Crippen molar-refractivity contribution in [1.29, 1.82) is 0 Å². The minimum Gasteiger partial charge on any atom is -0.330 e. The summed E-state index contributed by atoms with van der Waals surface area (Å²) in [6.07, 6.45) is 0.142. The first-order valence-corrected chi connectivity index (χ1v) is 11.6. The number of amides is 3. The Balaban J connectivity index is 1.59. The first-order valence-electron chi connectivity index (χ1n) is 8.19. The average Bonchev–Trinajstić information content (AvgIpc) is 3.04. The molecule has 1 atom stereocenters. The normalized spacial score (nSPS) is 17.9. The number of nitrogens with one attached hydrogen (secondary N) is 2. The van der Waals surface area contributed by atoms with Crippen molar-refractivity contribution in [3.05, 3.63) is 50.4 Å². The lowest BCUT2D eigenvalue weighted by atomic mass is 10.0. The molecule has 1 saturated heterocycles. The van der Waals surface area contributed by atoms with Crippen LogP contribution in [0.1, 0.15) is 22.9 Å². The second-order valence-electron chi connectivity index (χ2n) is 6.07. The number of sulfonamides is 1. The summed E-state index contributed by atoms with van der Waals surface area (Å²) in [5.41, 5.74) is 0.872. The molecule has 0 saturated carbocycles. The van der Waals surface area contributed by atoms with Crippen molar-refractivity contribution >= 4 is 55.9 Å². The summed E-state index contributed by atoms with van der Waals surface area (Å²) >= 11 is 3.35. The Kier molecular flexibility index (Phi) is 6.18. The molecule has 27 heavy (non-hydrogen) atoms. The molecule has 1 aliphatic heterocycles. The van der Waals surface area contributed by atoms with Gasteiger partial charge >= 0.3 is 6.03 Å². The van der Waals surface area contributed by atoms with Crippen LogP contribution in [0, 0.1) is 10.5 Å². The lowest BCUT2D eigenvalue weighted by molar-refractivity contribution is -0.130. The quantitative estimate of drug-likeness (QED) is 0.574. The number of hydrogen-bond acceptors (Lipinski definition) is 5. The summed E-state index contributed by atoms with van der Waals surface area (Å²) in [7, 11) is -3.64. The first kappa shape index (κ1) is 20.2. The van der Waals surface area contributed by atoms with Crippen LogP contribution in [0.15, 0.2) is 40.6 Å². The molecule has 3 rings (SSSR count). The van der Waals surface area contributed by atoms with Crippen LogP contribution in [0.5, 0.6) is 0 Å². The van der Waals surface area contributed by atoms with Gasteiger partial charge < -0.3 is 5.32 Å². The molecule has 1 aromatic heterocycles. The van der Waals surface area contributed by atoms with Gasteiger partial charge in [-0.15, -0.1) is 11.3 Å². The molecule has 1 fully saturated rings. The summed E-state index contributed by atoms with van der Waals surface area (Å²) in [6, 6.07) is 9.98. The van der Waals surface area contributed by atoms with E-state index in [9.17, 15) is 18.0 Å². The molecule has 1 aromatic carbocycles. The Labute approximate surface area is 175 Å². The fraction of sp³-hybridized carbons (Fsp3) is 0.294. The summed E-state index contributed by atoms with van der Waals surface area (Å²) < 4.78 is 28.1. The largest absolute Gasteiger partial charge is 0.330 e. The third-order valence-corrected chi connectivity index (χ3v) is 7.71. The van der Waals surface area contributed by atoms with Gasteiger partial charge in [0.15, 0.2) is 0 Å². The maximum Gasteiger partial charge on any atom is 0.324 e. The van der Waals surface area contributed by atoms with Gasteiger partial charge in [-0.05, 0) is 59.3 Å². The molecular weight excluding hydrogens is 501 g/mol. The van der Waals surface area contributed by atoms with Crippen molar-refractivity contribution in [2.24, 2.45) is 0 Å². The number of thiophene rings is 1. The van der Waals surface area contributed by atoms with Gasteiger partial charge in [0.1, 0.15) is 4.21 Å². The van der Waals surface area contributed by atoms with Crippen molar-refractivity contribution in [2.45, 2.75) is 23.6 Å². The number of halogens is 1. The van der Waals surface area contributed by atoms with E-state index in [2.05, 4.69) is 32.6 Å². The minimum absolute atomic E-state index is 0.0205. The van der Waals surface area contributed by atoms with Crippen molar-refractivity contribution < 1.29 is 18.0 Å². The average molecular weight is 519 g/mol. The number of urea groups is 1. The maximum atomic E-state index is 12.4. The highest BCUT2D eigenvalue weighted by atomic mass is 127. The highest BCUT2D eigenvalue weighted by Crippen LogP contribution is 2.24. The monoisotopic (exact) mass is 519 g/mol. The van der Waals surface area contributed by atoms with Crippen LogP contribution in [-0.2, 0) is 14.8 Å². The van der Waals surface area contributed by atoms with Crippen molar-refractivity contribution in [3.63, 3.8) is 0 Å². The number of carbonyl (C=O) groups excluding carboxylic acids is 2. The predicted octanol–water partition coefficient (Wildman–Crippen LogP) is 2.62. The van der Waals surface area contributed by atoms with Crippen LogP contribution in [0.3, 0.4) is 0 Å². The molecule has 10 heteroatoms. The van der Waals surface area contributed by atoms with Gasteiger partial charge in [-0.25, -0.2) is 17.9 Å². The van der Waals surface area contributed by atoms with E-state index in [4.69, 9.17) is 0 Å². The molecule has 2 aromatic rings. The van der Waals surface area contributed by atoms with Gasteiger partial charge in [-0.1, -0.05) is 12.1 Å². The molecule has 0 aliphatic carbocycles. The Hall–Kier alpha value is -1.50. The minimum atomic E-state index is -3.64. The first-order chi connectivity index (χ1) is 12.8. The molecule has 7 nitrogen and oxygen atoms in total. The van der Waals surface area contributed by atoms with E-state index in [1.807, 2.05) is 31.2 Å². The van der Waals surface area contributed by atoms with E-state index in [0.29, 0.717) is 0 Å². The van der Waals surface area contributed by atoms with Gasteiger partial charge in [-0.3, -0.25) is 9.69 Å². The van der Waals surface area contributed by atoms with E-state index >= 15 is 0 Å². The van der Waals surface area contributed by atoms with Crippen molar-refractivity contribution in [1.82, 2.24) is 14.9 Å². The molecule has 2 heterocycles. The van der Waals surface area contributed by atoms with Crippen LogP contribution in [0.4, 0.5) is 4.79 Å². The highest BCUT2D eigenvalue weighted by molar-refractivity contribution is 14.1. The lowest BCUT2D eigenvalue weighted by Crippen LogP contribution is -2.53. The van der Waals surface area contributed by atoms with E-state index in [1.54, 1.807) is 6.07 Å². The fourth-order valence-electron chi connectivity index (χ4n) is 2.75. The third-order valence-electron chi connectivity index (χ3n) is 4.08. The number of imide groups is 1. The number of hydrogen-bond donors (Lipinski definition) is 2. The second kappa shape index (κ2) is 8.25. The molecule has 0 unspecified atom stereocenters. The Morgan fingerprint density at radius 2 is 2.07 bits per heavy atom. The van der Waals surface area contributed by atoms with E-state index in [1.165, 1.54) is 17.4 Å². The summed E-state index contributed by atoms with van der Waals surface area (Å²) in [6.45, 7) is 1.77. The van der Waals surface area contributed by atoms with Gasteiger partial charge in [0, 0.05) is 21.5 Å². The Bertz CT molecular complexity index is 956. The number of aryl methyl sites for hydroxylation is 1. The number of nitrogens with zero attached hydrogens (tertiary/aromatic N) is 1. The smallest absolute Gasteiger partial charge is 0.324 e. The van der Waals surface area contributed by atoms with Gasteiger partial charge in [0.2, 0.25) is 15.9 Å². The van der Waals surface area contributed by atoms with E-state index < -0.39 is 16.1 Å². The fourth-order valence-corrected chi connectivity index (χ4v) is 5.66. The Morgan fingerprint density at radius 1 is 1.30 bits per heavy atom. The third kappa shape index (κ3) is 4.86. The zero-order valence-electron chi connectivity index (χ0n) is 14.4. The van der Waals surface area contributed by atoms with E-state index in [-0.39, 0.29) is 35.7 Å². The summed E-state index contributed by atoms with van der Waals surface area (Å²) in [5, 5.41) is 2.81. The lowest BCUT2D eigenvalue weighted by Gasteiger charge is -2.31. The molecule has 0 spiro atoms. The Morgan fingerprint density at radius 3 is 2.70 bits per heavy atom.